The number of aliphatic hydroxyl groups is 1. The van der Waals surface area contributed by atoms with Gasteiger partial charge in [-0.25, -0.2) is 0 Å². The number of rotatable bonds is 0. The second kappa shape index (κ2) is 3.65. The molecule has 1 unspecified atom stereocenters. The van der Waals surface area contributed by atoms with Crippen LogP contribution in [-0.2, 0) is 0 Å². The van der Waals surface area contributed by atoms with E-state index in [0.717, 1.165) is 0 Å². The highest BCUT2D eigenvalue weighted by atomic mass is 16.3. The summed E-state index contributed by atoms with van der Waals surface area (Å²) in [5.74, 6) is -0.605. The zero-order chi connectivity index (χ0) is 12.9. The number of phenols is 1. The first kappa shape index (κ1) is 10.9. The van der Waals surface area contributed by atoms with Gasteiger partial charge in [-0.05, 0) is 30.7 Å². The minimum atomic E-state index is -0.723. The molecule has 0 aromatic heterocycles. The van der Waals surface area contributed by atoms with Crippen LogP contribution in [0.5, 0.6) is 5.75 Å². The molecular weight excluding hydrogens is 232 g/mol. The Balaban J connectivity index is 2.25. The van der Waals surface area contributed by atoms with Crippen LogP contribution in [-0.4, -0.2) is 27.9 Å². The Morgan fingerprint density at radius 2 is 1.78 bits per heavy atom. The van der Waals surface area contributed by atoms with Crippen molar-refractivity contribution in [1.82, 2.24) is 0 Å². The van der Waals surface area contributed by atoms with Crippen molar-refractivity contribution in [3.63, 3.8) is 0 Å². The Labute approximate surface area is 103 Å². The summed E-state index contributed by atoms with van der Waals surface area (Å²) in [4.78, 5) is 24.4. The van der Waals surface area contributed by atoms with E-state index >= 15 is 0 Å². The van der Waals surface area contributed by atoms with Crippen LogP contribution in [0.4, 0.5) is 0 Å². The number of carbonyl (C=O) groups excluding carboxylic acids is 2. The maximum Gasteiger partial charge on any atom is 0.194 e. The van der Waals surface area contributed by atoms with Gasteiger partial charge in [0.25, 0.3) is 0 Å². The summed E-state index contributed by atoms with van der Waals surface area (Å²) in [6.45, 7) is 0. The molecule has 0 amide bonds. The number of allylic oxidation sites excluding steroid dienone is 2. The third-order valence-electron chi connectivity index (χ3n) is 3.19. The lowest BCUT2D eigenvalue weighted by atomic mass is 9.79. The van der Waals surface area contributed by atoms with Crippen molar-refractivity contribution in [2.45, 2.75) is 12.5 Å². The van der Waals surface area contributed by atoms with E-state index in [1.54, 1.807) is 6.08 Å². The summed E-state index contributed by atoms with van der Waals surface area (Å²) >= 11 is 0. The molecule has 0 aliphatic heterocycles. The summed E-state index contributed by atoms with van der Waals surface area (Å²) < 4.78 is 0. The zero-order valence-corrected chi connectivity index (χ0v) is 9.38. The van der Waals surface area contributed by atoms with E-state index in [0.29, 0.717) is 12.0 Å². The molecule has 0 saturated heterocycles. The standard InChI is InChI=1S/C14H10O4/c15-7-1-3-9-11(5-7)14(18)10-4-2-8(16)6-12(10)13(9)17/h1,3-6,8,15-16H,2H2. The molecule has 0 saturated carbocycles. The fraction of sp³-hybridized carbons (Fsp3) is 0.143. The predicted octanol–water partition coefficient (Wildman–Crippen LogP) is 1.39. The van der Waals surface area contributed by atoms with Gasteiger partial charge in [-0.15, -0.1) is 0 Å². The molecule has 2 N–H and O–H groups in total. The van der Waals surface area contributed by atoms with E-state index in [4.69, 9.17) is 0 Å². The van der Waals surface area contributed by atoms with Crippen molar-refractivity contribution >= 4 is 11.6 Å². The number of carbonyl (C=O) groups is 2. The molecule has 2 aliphatic carbocycles. The highest BCUT2D eigenvalue weighted by Gasteiger charge is 2.34. The third kappa shape index (κ3) is 1.43. The summed E-state index contributed by atoms with van der Waals surface area (Å²) in [6.07, 6.45) is 2.60. The Kier molecular flexibility index (Phi) is 2.21. The fourth-order valence-electron chi connectivity index (χ4n) is 2.32. The van der Waals surface area contributed by atoms with Gasteiger partial charge in [-0.2, -0.15) is 0 Å². The normalized spacial score (nSPS) is 21.9. The van der Waals surface area contributed by atoms with Crippen molar-refractivity contribution in [1.29, 1.82) is 0 Å². The SMILES string of the molecule is O=C1C2=CC(O)CC=C2C(=O)c2cc(O)ccc21. The third-order valence-corrected chi connectivity index (χ3v) is 3.19. The number of fused-ring (bicyclic) bond motifs is 2. The number of Topliss-reactive ketones (excluding diaryl/α,β-unsaturated/α-hetero) is 2. The first-order chi connectivity index (χ1) is 8.58. The topological polar surface area (TPSA) is 74.6 Å². The van der Waals surface area contributed by atoms with Gasteiger partial charge in [-0.3, -0.25) is 9.59 Å². The molecule has 0 spiro atoms. The number of aromatic hydroxyl groups is 1. The number of ketones is 2. The second-order valence-electron chi connectivity index (χ2n) is 4.39. The zero-order valence-electron chi connectivity index (χ0n) is 9.38. The van der Waals surface area contributed by atoms with Crippen LogP contribution in [0.15, 0.2) is 41.5 Å². The van der Waals surface area contributed by atoms with Crippen LogP contribution in [0, 0.1) is 0 Å². The van der Waals surface area contributed by atoms with Crippen LogP contribution in [0.3, 0.4) is 0 Å². The lowest BCUT2D eigenvalue weighted by molar-refractivity contribution is 0.0967. The van der Waals surface area contributed by atoms with Gasteiger partial charge in [0, 0.05) is 22.3 Å². The van der Waals surface area contributed by atoms with Crippen molar-refractivity contribution in [2.75, 3.05) is 0 Å². The van der Waals surface area contributed by atoms with Gasteiger partial charge in [0.1, 0.15) is 5.75 Å². The van der Waals surface area contributed by atoms with Crippen LogP contribution < -0.4 is 0 Å². The molecule has 0 radical (unpaired) electrons. The molecular formula is C14H10O4. The summed E-state index contributed by atoms with van der Waals surface area (Å²) in [7, 11) is 0. The molecule has 90 valence electrons. The fourth-order valence-corrected chi connectivity index (χ4v) is 2.32. The van der Waals surface area contributed by atoms with Crippen molar-refractivity contribution in [3.8, 4) is 5.75 Å². The van der Waals surface area contributed by atoms with E-state index in [1.165, 1.54) is 24.3 Å². The predicted molar refractivity (Wildman–Crippen MR) is 63.6 cm³/mol. The molecule has 1 aromatic rings. The number of phenolic OH excluding ortho intramolecular Hbond substituents is 1. The first-order valence-corrected chi connectivity index (χ1v) is 5.61. The van der Waals surface area contributed by atoms with Gasteiger partial charge in [0.05, 0.1) is 6.10 Å². The number of hydrogen-bond donors (Lipinski definition) is 2. The molecule has 1 atom stereocenters. The minimum Gasteiger partial charge on any atom is -0.508 e. The van der Waals surface area contributed by atoms with Crippen LogP contribution in [0.25, 0.3) is 0 Å². The van der Waals surface area contributed by atoms with E-state index in [2.05, 4.69) is 0 Å². The van der Waals surface area contributed by atoms with Crippen LogP contribution >= 0.6 is 0 Å². The van der Waals surface area contributed by atoms with Crippen LogP contribution in [0.2, 0.25) is 0 Å². The van der Waals surface area contributed by atoms with E-state index in [-0.39, 0.29) is 34.0 Å². The second-order valence-corrected chi connectivity index (χ2v) is 4.39. The molecule has 4 nitrogen and oxygen atoms in total. The number of aliphatic hydroxyl groups excluding tert-OH is 1. The van der Waals surface area contributed by atoms with E-state index < -0.39 is 6.10 Å². The highest BCUT2D eigenvalue weighted by Crippen LogP contribution is 2.34. The van der Waals surface area contributed by atoms with E-state index in [9.17, 15) is 19.8 Å². The maximum atomic E-state index is 12.2. The largest absolute Gasteiger partial charge is 0.508 e. The molecule has 0 heterocycles. The summed E-state index contributed by atoms with van der Waals surface area (Å²) in [6, 6.07) is 4.11. The monoisotopic (exact) mass is 242 g/mol. The van der Waals surface area contributed by atoms with Crippen molar-refractivity contribution in [3.05, 3.63) is 52.6 Å². The van der Waals surface area contributed by atoms with Gasteiger partial charge in [0.2, 0.25) is 0 Å². The van der Waals surface area contributed by atoms with Gasteiger partial charge in [0.15, 0.2) is 11.6 Å². The molecule has 2 aliphatic rings. The Hall–Kier alpha value is -2.20. The lowest BCUT2D eigenvalue weighted by Crippen LogP contribution is -2.26. The Morgan fingerprint density at radius 1 is 1.06 bits per heavy atom. The summed E-state index contributed by atoms with van der Waals surface area (Å²) in [5, 5.41) is 18.9. The van der Waals surface area contributed by atoms with Gasteiger partial charge in [-0.1, -0.05) is 6.08 Å². The molecule has 18 heavy (non-hydrogen) atoms. The Morgan fingerprint density at radius 3 is 2.56 bits per heavy atom. The molecule has 0 bridgehead atoms. The van der Waals surface area contributed by atoms with Crippen LogP contribution in [0.1, 0.15) is 27.1 Å². The van der Waals surface area contributed by atoms with Crippen molar-refractivity contribution in [2.24, 2.45) is 0 Å². The number of benzene rings is 1. The molecule has 0 fully saturated rings. The summed E-state index contributed by atoms with van der Waals surface area (Å²) in [5.41, 5.74) is 1.08. The average molecular weight is 242 g/mol. The Bertz CT molecular complexity index is 637. The smallest absolute Gasteiger partial charge is 0.194 e. The maximum absolute atomic E-state index is 12.2. The molecule has 1 aromatic carbocycles. The quantitative estimate of drug-likeness (QED) is 0.721. The molecule has 3 rings (SSSR count). The van der Waals surface area contributed by atoms with E-state index in [1.807, 2.05) is 0 Å². The minimum absolute atomic E-state index is 0.0428. The average Bonchev–Trinajstić information content (AvgIpc) is 2.36. The first-order valence-electron chi connectivity index (χ1n) is 5.61. The van der Waals surface area contributed by atoms with Gasteiger partial charge >= 0.3 is 0 Å². The lowest BCUT2D eigenvalue weighted by Gasteiger charge is -2.23. The van der Waals surface area contributed by atoms with Crippen molar-refractivity contribution < 1.29 is 19.8 Å². The highest BCUT2D eigenvalue weighted by molar-refractivity contribution is 6.31. The van der Waals surface area contributed by atoms with Gasteiger partial charge < -0.3 is 10.2 Å². The number of hydrogen-bond acceptors (Lipinski definition) is 4. The molecule has 4 heteroatoms.